The van der Waals surface area contributed by atoms with Crippen molar-refractivity contribution in [3.63, 3.8) is 0 Å². The molecule has 132 valence electrons. The fourth-order valence-corrected chi connectivity index (χ4v) is 2.31. The number of benzene rings is 2. The molecule has 8 heteroatoms. The Kier molecular flexibility index (Phi) is 6.19. The summed E-state index contributed by atoms with van der Waals surface area (Å²) in [7, 11) is 0. The molecule has 1 amide bonds. The minimum atomic E-state index is -0.731. The number of carbonyl (C=O) groups excluding carboxylic acids is 1. The fourth-order valence-electron chi connectivity index (χ4n) is 2.13. The van der Waals surface area contributed by atoms with Gasteiger partial charge in [-0.1, -0.05) is 23.7 Å². The highest BCUT2D eigenvalue weighted by Gasteiger charge is 2.17. The van der Waals surface area contributed by atoms with Gasteiger partial charge in [0, 0.05) is 23.3 Å². The molecular weight excluding hydrogens is 346 g/mol. The van der Waals surface area contributed by atoms with Gasteiger partial charge < -0.3 is 10.1 Å². The van der Waals surface area contributed by atoms with E-state index in [1.54, 1.807) is 19.1 Å². The zero-order valence-electron chi connectivity index (χ0n) is 13.8. The Bertz CT molecular complexity index is 795. The van der Waals surface area contributed by atoms with Gasteiger partial charge in [-0.3, -0.25) is 15.4 Å². The van der Waals surface area contributed by atoms with Crippen molar-refractivity contribution in [2.45, 2.75) is 20.4 Å². The van der Waals surface area contributed by atoms with Crippen molar-refractivity contribution in [3.8, 4) is 0 Å². The molecule has 0 saturated carbocycles. The van der Waals surface area contributed by atoms with E-state index in [1.165, 1.54) is 12.1 Å². The molecule has 0 fully saturated rings. The first kappa shape index (κ1) is 18.5. The third kappa shape index (κ3) is 5.09. The number of carbonyl (C=O) groups is 1. The fraction of sp³-hybridized carbons (Fsp3) is 0.235. The monoisotopic (exact) mass is 363 g/mol. The molecule has 25 heavy (non-hydrogen) atoms. The summed E-state index contributed by atoms with van der Waals surface area (Å²) in [5.74, 6) is 0. The van der Waals surface area contributed by atoms with E-state index in [9.17, 15) is 14.9 Å². The van der Waals surface area contributed by atoms with E-state index in [0.29, 0.717) is 17.1 Å². The van der Waals surface area contributed by atoms with E-state index in [0.717, 1.165) is 11.3 Å². The summed E-state index contributed by atoms with van der Waals surface area (Å²) in [4.78, 5) is 22.2. The van der Waals surface area contributed by atoms with Gasteiger partial charge in [-0.25, -0.2) is 4.79 Å². The van der Waals surface area contributed by atoms with E-state index >= 15 is 0 Å². The molecular formula is C17H18ClN3O4. The quantitative estimate of drug-likeness (QED) is 0.571. The number of aryl methyl sites for hydroxylation is 1. The first-order valence-corrected chi connectivity index (χ1v) is 7.99. The number of hydrogen-bond acceptors (Lipinski definition) is 5. The molecule has 0 atom stereocenters. The van der Waals surface area contributed by atoms with Crippen LogP contribution in [0.3, 0.4) is 0 Å². The van der Waals surface area contributed by atoms with Crippen LogP contribution in [0.4, 0.5) is 21.9 Å². The van der Waals surface area contributed by atoms with Gasteiger partial charge in [-0.15, -0.1) is 0 Å². The maximum absolute atomic E-state index is 11.5. The zero-order valence-corrected chi connectivity index (χ0v) is 14.6. The van der Waals surface area contributed by atoms with Crippen LogP contribution in [0.15, 0.2) is 36.4 Å². The van der Waals surface area contributed by atoms with E-state index in [2.05, 4.69) is 10.6 Å². The molecule has 0 radical (unpaired) electrons. The number of nitrogens with zero attached hydrogens (tertiary/aromatic N) is 1. The highest BCUT2D eigenvalue weighted by atomic mass is 35.5. The van der Waals surface area contributed by atoms with Crippen LogP contribution in [0.25, 0.3) is 0 Å². The number of halogens is 1. The average Bonchev–Trinajstić information content (AvgIpc) is 2.57. The van der Waals surface area contributed by atoms with Crippen LogP contribution in [-0.2, 0) is 11.3 Å². The third-order valence-corrected chi connectivity index (χ3v) is 3.85. The zero-order chi connectivity index (χ0) is 18.4. The Balaban J connectivity index is 2.13. The first-order valence-electron chi connectivity index (χ1n) is 7.61. The Hall–Kier alpha value is -2.80. The molecule has 2 rings (SSSR count). The van der Waals surface area contributed by atoms with Crippen LogP contribution in [0, 0.1) is 17.0 Å². The number of nitro groups is 1. The van der Waals surface area contributed by atoms with Gasteiger partial charge in [-0.2, -0.15) is 0 Å². The lowest BCUT2D eigenvalue weighted by atomic mass is 10.1. The Labute approximate surface area is 150 Å². The van der Waals surface area contributed by atoms with Crippen LogP contribution >= 0.6 is 11.6 Å². The summed E-state index contributed by atoms with van der Waals surface area (Å²) in [5.41, 5.74) is 2.36. The lowest BCUT2D eigenvalue weighted by Crippen LogP contribution is -2.14. The smallest absolute Gasteiger partial charge is 0.411 e. The van der Waals surface area contributed by atoms with E-state index in [4.69, 9.17) is 16.3 Å². The molecule has 2 N–H and O–H groups in total. The summed E-state index contributed by atoms with van der Waals surface area (Å²) in [6.45, 7) is 4.12. The number of hydrogen-bond donors (Lipinski definition) is 2. The Morgan fingerprint density at radius 3 is 2.68 bits per heavy atom. The van der Waals surface area contributed by atoms with Crippen LogP contribution < -0.4 is 10.6 Å². The first-order chi connectivity index (χ1) is 11.9. The number of rotatable bonds is 6. The number of ether oxygens (including phenoxy) is 1. The van der Waals surface area contributed by atoms with Gasteiger partial charge in [0.1, 0.15) is 5.69 Å². The van der Waals surface area contributed by atoms with Crippen molar-refractivity contribution in [2.75, 3.05) is 17.2 Å². The van der Waals surface area contributed by atoms with E-state index in [1.807, 2.05) is 19.1 Å². The highest BCUT2D eigenvalue weighted by molar-refractivity contribution is 6.31. The molecule has 0 spiro atoms. The van der Waals surface area contributed by atoms with Gasteiger partial charge in [0.15, 0.2) is 0 Å². The van der Waals surface area contributed by atoms with Gasteiger partial charge >= 0.3 is 6.09 Å². The number of nitrogens with one attached hydrogen (secondary N) is 2. The van der Waals surface area contributed by atoms with Crippen molar-refractivity contribution in [2.24, 2.45) is 0 Å². The maximum Gasteiger partial charge on any atom is 0.411 e. The largest absolute Gasteiger partial charge is 0.450 e. The minimum absolute atomic E-state index is 0.0885. The van der Waals surface area contributed by atoms with Gasteiger partial charge in [0.25, 0.3) is 5.69 Å². The molecule has 2 aromatic carbocycles. The van der Waals surface area contributed by atoms with Crippen molar-refractivity contribution in [3.05, 3.63) is 62.7 Å². The summed E-state index contributed by atoms with van der Waals surface area (Å²) < 4.78 is 4.74. The Morgan fingerprint density at radius 2 is 2.04 bits per heavy atom. The van der Waals surface area contributed by atoms with Crippen LogP contribution in [-0.4, -0.2) is 17.6 Å². The predicted molar refractivity (Wildman–Crippen MR) is 97.3 cm³/mol. The highest BCUT2D eigenvalue weighted by Crippen LogP contribution is 2.27. The maximum atomic E-state index is 11.5. The van der Waals surface area contributed by atoms with Crippen molar-refractivity contribution in [1.29, 1.82) is 0 Å². The van der Waals surface area contributed by atoms with Crippen molar-refractivity contribution in [1.82, 2.24) is 0 Å². The van der Waals surface area contributed by atoms with Crippen molar-refractivity contribution < 1.29 is 14.5 Å². The number of amides is 1. The molecule has 0 aliphatic carbocycles. The van der Waals surface area contributed by atoms with Crippen LogP contribution in [0.2, 0.25) is 5.02 Å². The SMILES string of the molecule is CCOC(=O)Nc1ccc(CNc2ccc(C)c(Cl)c2)cc1[N+](=O)[O-]. The summed E-state index contributed by atoms with van der Waals surface area (Å²) in [5, 5.41) is 17.4. The number of anilines is 2. The number of nitro benzene ring substituents is 1. The molecule has 0 aromatic heterocycles. The van der Waals surface area contributed by atoms with Crippen LogP contribution in [0.5, 0.6) is 0 Å². The molecule has 7 nitrogen and oxygen atoms in total. The van der Waals surface area contributed by atoms with E-state index < -0.39 is 11.0 Å². The van der Waals surface area contributed by atoms with Gasteiger partial charge in [0.05, 0.1) is 11.5 Å². The summed E-state index contributed by atoms with van der Waals surface area (Å²) >= 11 is 6.08. The second-order valence-electron chi connectivity index (χ2n) is 5.27. The minimum Gasteiger partial charge on any atom is -0.450 e. The van der Waals surface area contributed by atoms with Crippen molar-refractivity contribution >= 4 is 34.8 Å². The van der Waals surface area contributed by atoms with Gasteiger partial charge in [0.2, 0.25) is 0 Å². The topological polar surface area (TPSA) is 93.5 Å². The molecule has 0 aliphatic rings. The second-order valence-corrected chi connectivity index (χ2v) is 5.68. The standard InChI is InChI=1S/C17H18ClN3O4/c1-3-25-17(22)20-15-7-5-12(8-16(15)21(23)24)10-19-13-6-4-11(2)14(18)9-13/h4-9,19H,3,10H2,1-2H3,(H,20,22). The summed E-state index contributed by atoms with van der Waals surface area (Å²) in [6.07, 6.45) is -0.731. The molecule has 0 unspecified atom stereocenters. The average molecular weight is 364 g/mol. The second kappa shape index (κ2) is 8.34. The van der Waals surface area contributed by atoms with Crippen LogP contribution in [0.1, 0.15) is 18.1 Å². The predicted octanol–water partition coefficient (Wildman–Crippen LogP) is 4.74. The van der Waals surface area contributed by atoms with Gasteiger partial charge in [-0.05, 0) is 43.2 Å². The third-order valence-electron chi connectivity index (χ3n) is 3.44. The van der Waals surface area contributed by atoms with E-state index in [-0.39, 0.29) is 18.0 Å². The molecule has 0 aliphatic heterocycles. The Morgan fingerprint density at radius 1 is 1.28 bits per heavy atom. The molecule has 0 heterocycles. The normalized spacial score (nSPS) is 10.2. The molecule has 0 saturated heterocycles. The summed E-state index contributed by atoms with van der Waals surface area (Å²) in [6, 6.07) is 10.1. The lowest BCUT2D eigenvalue weighted by molar-refractivity contribution is -0.384. The lowest BCUT2D eigenvalue weighted by Gasteiger charge is -2.10. The molecule has 2 aromatic rings. The molecule has 0 bridgehead atoms.